The standard InChI is InChI=1S/C8H17NO2S/c1-7(2)5-6-9-12(10,11)8-3-4-8/h7-9H,3-6H2,1-2H3. The van der Waals surface area contributed by atoms with E-state index >= 15 is 0 Å². The van der Waals surface area contributed by atoms with Crippen molar-refractivity contribution < 1.29 is 8.42 Å². The molecule has 0 saturated heterocycles. The molecule has 0 aromatic rings. The monoisotopic (exact) mass is 191 g/mol. The minimum atomic E-state index is -2.93. The molecule has 0 aliphatic heterocycles. The molecule has 1 N–H and O–H groups in total. The second-order valence-corrected chi connectivity index (χ2v) is 5.87. The summed E-state index contributed by atoms with van der Waals surface area (Å²) in [4.78, 5) is 0. The lowest BCUT2D eigenvalue weighted by Crippen LogP contribution is -2.28. The molecule has 0 atom stereocenters. The summed E-state index contributed by atoms with van der Waals surface area (Å²) in [6.07, 6.45) is 2.61. The molecule has 0 heterocycles. The van der Waals surface area contributed by atoms with Gasteiger partial charge in [0.15, 0.2) is 0 Å². The summed E-state index contributed by atoms with van der Waals surface area (Å²) >= 11 is 0. The lowest BCUT2D eigenvalue weighted by molar-refractivity contribution is 0.551. The fourth-order valence-corrected chi connectivity index (χ4v) is 2.38. The van der Waals surface area contributed by atoms with Gasteiger partial charge >= 0.3 is 0 Å². The average Bonchev–Trinajstić information content (AvgIpc) is 2.65. The predicted molar refractivity (Wildman–Crippen MR) is 49.4 cm³/mol. The first-order valence-electron chi connectivity index (χ1n) is 4.51. The van der Waals surface area contributed by atoms with Crippen LogP contribution in [0.2, 0.25) is 0 Å². The van der Waals surface area contributed by atoms with Gasteiger partial charge in [-0.2, -0.15) is 0 Å². The van der Waals surface area contributed by atoms with Gasteiger partial charge in [0, 0.05) is 6.54 Å². The number of sulfonamides is 1. The molecule has 1 aliphatic carbocycles. The van der Waals surface area contributed by atoms with E-state index < -0.39 is 10.0 Å². The van der Waals surface area contributed by atoms with Crippen molar-refractivity contribution >= 4 is 10.0 Å². The molecular formula is C8H17NO2S. The smallest absolute Gasteiger partial charge is 0.214 e. The molecule has 3 nitrogen and oxygen atoms in total. The van der Waals surface area contributed by atoms with Crippen LogP contribution >= 0.6 is 0 Å². The van der Waals surface area contributed by atoms with Gasteiger partial charge in [0.2, 0.25) is 10.0 Å². The Kier molecular flexibility index (Phi) is 3.12. The maximum atomic E-state index is 11.3. The van der Waals surface area contributed by atoms with Crippen LogP contribution in [0.1, 0.15) is 33.1 Å². The molecule has 0 bridgehead atoms. The van der Waals surface area contributed by atoms with E-state index in [4.69, 9.17) is 0 Å². The highest BCUT2D eigenvalue weighted by atomic mass is 32.2. The van der Waals surface area contributed by atoms with Crippen molar-refractivity contribution in [2.75, 3.05) is 6.54 Å². The topological polar surface area (TPSA) is 46.2 Å². The van der Waals surface area contributed by atoms with E-state index in [2.05, 4.69) is 18.6 Å². The van der Waals surface area contributed by atoms with E-state index in [1.807, 2.05) is 0 Å². The van der Waals surface area contributed by atoms with Crippen LogP contribution in [0.4, 0.5) is 0 Å². The van der Waals surface area contributed by atoms with Gasteiger partial charge in [-0.05, 0) is 25.2 Å². The van der Waals surface area contributed by atoms with E-state index in [9.17, 15) is 8.42 Å². The predicted octanol–water partition coefficient (Wildman–Crippen LogP) is 1.11. The number of hydrogen-bond donors (Lipinski definition) is 1. The Bertz CT molecular complexity index is 229. The third-order valence-electron chi connectivity index (χ3n) is 1.99. The quantitative estimate of drug-likeness (QED) is 0.707. The normalized spacial score (nSPS) is 18.6. The Balaban J connectivity index is 2.21. The maximum absolute atomic E-state index is 11.3. The van der Waals surface area contributed by atoms with E-state index in [0.717, 1.165) is 19.3 Å². The van der Waals surface area contributed by atoms with Gasteiger partial charge in [-0.3, -0.25) is 0 Å². The molecule has 12 heavy (non-hydrogen) atoms. The third-order valence-corrected chi connectivity index (χ3v) is 3.94. The van der Waals surface area contributed by atoms with Crippen LogP contribution in [0, 0.1) is 5.92 Å². The van der Waals surface area contributed by atoms with Gasteiger partial charge in [0.05, 0.1) is 5.25 Å². The number of nitrogens with one attached hydrogen (secondary N) is 1. The highest BCUT2D eigenvalue weighted by Gasteiger charge is 2.35. The Morgan fingerprint density at radius 1 is 1.42 bits per heavy atom. The largest absolute Gasteiger partial charge is 0.215 e. The van der Waals surface area contributed by atoms with Crippen molar-refractivity contribution in [3.05, 3.63) is 0 Å². The molecular weight excluding hydrogens is 174 g/mol. The second-order valence-electron chi connectivity index (χ2n) is 3.82. The number of hydrogen-bond acceptors (Lipinski definition) is 2. The molecule has 0 unspecified atom stereocenters. The Morgan fingerprint density at radius 2 is 2.00 bits per heavy atom. The van der Waals surface area contributed by atoms with Gasteiger partial charge in [-0.1, -0.05) is 13.8 Å². The fourth-order valence-electron chi connectivity index (χ4n) is 0.986. The van der Waals surface area contributed by atoms with Crippen LogP contribution in [-0.4, -0.2) is 20.2 Å². The zero-order valence-corrected chi connectivity index (χ0v) is 8.52. The summed E-state index contributed by atoms with van der Waals surface area (Å²) in [7, 11) is -2.93. The summed E-state index contributed by atoms with van der Waals surface area (Å²) in [5.74, 6) is 0.562. The fraction of sp³-hybridized carbons (Fsp3) is 1.00. The molecule has 0 spiro atoms. The Morgan fingerprint density at radius 3 is 2.42 bits per heavy atom. The third kappa shape index (κ3) is 3.11. The molecule has 0 radical (unpaired) electrons. The zero-order chi connectivity index (χ0) is 9.19. The molecule has 1 aliphatic rings. The van der Waals surface area contributed by atoms with Crippen molar-refractivity contribution in [1.29, 1.82) is 0 Å². The summed E-state index contributed by atoms with van der Waals surface area (Å²) in [6, 6.07) is 0. The molecule has 4 heteroatoms. The van der Waals surface area contributed by atoms with Gasteiger partial charge in [-0.15, -0.1) is 0 Å². The first kappa shape index (κ1) is 9.99. The first-order chi connectivity index (χ1) is 5.52. The van der Waals surface area contributed by atoms with Crippen molar-refractivity contribution in [3.8, 4) is 0 Å². The summed E-state index contributed by atoms with van der Waals surface area (Å²) < 4.78 is 25.2. The Hall–Kier alpha value is -0.0900. The van der Waals surface area contributed by atoms with Gasteiger partial charge in [-0.25, -0.2) is 13.1 Å². The van der Waals surface area contributed by atoms with Crippen molar-refractivity contribution in [3.63, 3.8) is 0 Å². The Labute approximate surface area is 74.6 Å². The summed E-state index contributed by atoms with van der Waals surface area (Å²) in [5, 5.41) is -0.0790. The highest BCUT2D eigenvalue weighted by molar-refractivity contribution is 7.90. The van der Waals surface area contributed by atoms with Crippen LogP contribution in [0.5, 0.6) is 0 Å². The van der Waals surface area contributed by atoms with Crippen molar-refractivity contribution in [1.82, 2.24) is 4.72 Å². The van der Waals surface area contributed by atoms with Crippen LogP contribution in [0.25, 0.3) is 0 Å². The summed E-state index contributed by atoms with van der Waals surface area (Å²) in [5.41, 5.74) is 0. The average molecular weight is 191 g/mol. The van der Waals surface area contributed by atoms with Crippen molar-refractivity contribution in [2.24, 2.45) is 5.92 Å². The van der Waals surface area contributed by atoms with E-state index in [-0.39, 0.29) is 5.25 Å². The molecule has 72 valence electrons. The van der Waals surface area contributed by atoms with Gasteiger partial charge < -0.3 is 0 Å². The molecule has 0 aromatic heterocycles. The van der Waals surface area contributed by atoms with E-state index in [1.165, 1.54) is 0 Å². The first-order valence-corrected chi connectivity index (χ1v) is 6.05. The molecule has 1 saturated carbocycles. The van der Waals surface area contributed by atoms with Crippen LogP contribution < -0.4 is 4.72 Å². The van der Waals surface area contributed by atoms with Crippen molar-refractivity contribution in [2.45, 2.75) is 38.4 Å². The van der Waals surface area contributed by atoms with Gasteiger partial charge in [0.1, 0.15) is 0 Å². The lowest BCUT2D eigenvalue weighted by Gasteiger charge is -2.06. The molecule has 0 amide bonds. The van der Waals surface area contributed by atoms with E-state index in [0.29, 0.717) is 12.5 Å². The minimum Gasteiger partial charge on any atom is -0.215 e. The van der Waals surface area contributed by atoms with Gasteiger partial charge in [0.25, 0.3) is 0 Å². The van der Waals surface area contributed by atoms with E-state index in [1.54, 1.807) is 0 Å². The van der Waals surface area contributed by atoms with Crippen LogP contribution in [-0.2, 0) is 10.0 Å². The minimum absolute atomic E-state index is 0.0790. The van der Waals surface area contributed by atoms with Crippen LogP contribution in [0.3, 0.4) is 0 Å². The molecule has 1 fully saturated rings. The highest BCUT2D eigenvalue weighted by Crippen LogP contribution is 2.27. The molecule has 1 rings (SSSR count). The zero-order valence-electron chi connectivity index (χ0n) is 7.71. The van der Waals surface area contributed by atoms with Crippen LogP contribution in [0.15, 0.2) is 0 Å². The SMILES string of the molecule is CC(C)CCNS(=O)(=O)C1CC1. The number of rotatable bonds is 5. The maximum Gasteiger partial charge on any atom is 0.214 e. The lowest BCUT2D eigenvalue weighted by atomic mass is 10.1. The molecule has 0 aromatic carbocycles. The second kappa shape index (κ2) is 3.75. The summed E-state index contributed by atoms with van der Waals surface area (Å²) in [6.45, 7) is 4.77.